The van der Waals surface area contributed by atoms with Crippen LogP contribution in [0.4, 0.5) is 13.2 Å². The van der Waals surface area contributed by atoms with Gasteiger partial charge >= 0.3 is 6.18 Å². The molecule has 3 nitrogen and oxygen atoms in total. The Morgan fingerprint density at radius 1 is 1.18 bits per heavy atom. The van der Waals surface area contributed by atoms with Crippen molar-refractivity contribution >= 4 is 0 Å². The summed E-state index contributed by atoms with van der Waals surface area (Å²) in [7, 11) is 0. The normalized spacial score (nSPS) is 34.2. The van der Waals surface area contributed by atoms with E-state index in [2.05, 4.69) is 4.90 Å². The van der Waals surface area contributed by atoms with Crippen molar-refractivity contribution in [2.45, 2.75) is 63.9 Å². The van der Waals surface area contributed by atoms with Crippen LogP contribution in [0.3, 0.4) is 0 Å². The molecule has 128 valence electrons. The van der Waals surface area contributed by atoms with E-state index in [0.717, 1.165) is 26.1 Å². The highest BCUT2D eigenvalue weighted by atomic mass is 19.4. The summed E-state index contributed by atoms with van der Waals surface area (Å²) >= 11 is 0. The van der Waals surface area contributed by atoms with Crippen molar-refractivity contribution in [2.24, 2.45) is 5.41 Å². The van der Waals surface area contributed by atoms with Gasteiger partial charge in [-0.25, -0.2) is 0 Å². The third-order valence-electron chi connectivity index (χ3n) is 6.21. The minimum absolute atomic E-state index is 0.313. The number of hydrogen-bond acceptors (Lipinski definition) is 3. The molecule has 0 unspecified atom stereocenters. The molecule has 3 atom stereocenters. The number of alkyl halides is 3. The van der Waals surface area contributed by atoms with Gasteiger partial charge in [-0.15, -0.1) is 0 Å². The highest BCUT2D eigenvalue weighted by Crippen LogP contribution is 2.59. The lowest BCUT2D eigenvalue weighted by Crippen LogP contribution is -2.70. The molecule has 3 fully saturated rings. The summed E-state index contributed by atoms with van der Waals surface area (Å²) in [6.07, 6.45) is 1.04. The Bertz CT molecular complexity index is 389. The van der Waals surface area contributed by atoms with Gasteiger partial charge in [0.25, 0.3) is 0 Å². The quantitative estimate of drug-likeness (QED) is 0.792. The van der Waals surface area contributed by atoms with Crippen LogP contribution in [0, 0.1) is 5.41 Å². The molecule has 0 aromatic heterocycles. The molecule has 0 N–H and O–H groups in total. The fourth-order valence-electron chi connectivity index (χ4n) is 4.56. The Kier molecular flexibility index (Phi) is 4.47. The molecule has 0 radical (unpaired) electrons. The van der Waals surface area contributed by atoms with Gasteiger partial charge in [-0.1, -0.05) is 6.42 Å². The van der Waals surface area contributed by atoms with Crippen molar-refractivity contribution in [2.75, 3.05) is 32.8 Å². The Morgan fingerprint density at radius 3 is 2.27 bits per heavy atom. The predicted molar refractivity (Wildman–Crippen MR) is 78.8 cm³/mol. The smallest absolute Gasteiger partial charge is 0.378 e. The van der Waals surface area contributed by atoms with Crippen molar-refractivity contribution in [1.29, 1.82) is 0 Å². The maximum absolute atomic E-state index is 12.8. The fourth-order valence-corrected chi connectivity index (χ4v) is 4.56. The standard InChI is InChI=1S/C16H27F3N2O/c1-3-22-14-11-13(15(14)5-4-6-15)21-9-7-20(8-10-21)12(2)16(17,18)19/h12-14H,3-11H2,1-2H3/t12-,13-,14+/m0/s1. The first-order chi connectivity index (χ1) is 10.4. The molecule has 0 bridgehead atoms. The average molecular weight is 320 g/mol. The number of piperazine rings is 1. The van der Waals surface area contributed by atoms with E-state index >= 15 is 0 Å². The summed E-state index contributed by atoms with van der Waals surface area (Å²) in [6.45, 7) is 6.63. The lowest BCUT2D eigenvalue weighted by atomic mass is 9.50. The van der Waals surface area contributed by atoms with Crippen molar-refractivity contribution in [3.63, 3.8) is 0 Å². The lowest BCUT2D eigenvalue weighted by Gasteiger charge is -2.64. The zero-order valence-electron chi connectivity index (χ0n) is 13.5. The molecule has 0 aromatic carbocycles. The lowest BCUT2D eigenvalue weighted by molar-refractivity contribution is -0.215. The molecule has 0 amide bonds. The predicted octanol–water partition coefficient (Wildman–Crippen LogP) is 2.90. The molecule has 1 spiro atoms. The van der Waals surface area contributed by atoms with Gasteiger partial charge in [0.15, 0.2) is 0 Å². The molecule has 1 saturated heterocycles. The van der Waals surface area contributed by atoms with Crippen LogP contribution in [-0.2, 0) is 4.74 Å². The molecular formula is C16H27F3N2O. The van der Waals surface area contributed by atoms with Crippen molar-refractivity contribution in [1.82, 2.24) is 9.80 Å². The van der Waals surface area contributed by atoms with Crippen LogP contribution >= 0.6 is 0 Å². The topological polar surface area (TPSA) is 15.7 Å². The summed E-state index contributed by atoms with van der Waals surface area (Å²) in [5.74, 6) is 0. The van der Waals surface area contributed by atoms with Crippen LogP contribution in [0.15, 0.2) is 0 Å². The van der Waals surface area contributed by atoms with Gasteiger partial charge in [0.05, 0.1) is 6.10 Å². The first kappa shape index (κ1) is 16.5. The molecule has 0 aromatic rings. The van der Waals surface area contributed by atoms with Gasteiger partial charge in [-0.2, -0.15) is 13.2 Å². The third kappa shape index (κ3) is 2.67. The Labute approximate surface area is 130 Å². The molecule has 6 heteroatoms. The average Bonchev–Trinajstić information content (AvgIpc) is 2.40. The number of ether oxygens (including phenoxy) is 1. The molecular weight excluding hydrogens is 293 g/mol. The van der Waals surface area contributed by atoms with Crippen LogP contribution in [-0.4, -0.2) is 66.9 Å². The molecule has 22 heavy (non-hydrogen) atoms. The van der Waals surface area contributed by atoms with Crippen LogP contribution in [0.2, 0.25) is 0 Å². The third-order valence-corrected chi connectivity index (χ3v) is 6.21. The molecule has 1 aliphatic heterocycles. The number of hydrogen-bond donors (Lipinski definition) is 0. The second kappa shape index (κ2) is 5.95. The Balaban J connectivity index is 1.54. The molecule has 1 heterocycles. The fraction of sp³-hybridized carbons (Fsp3) is 1.00. The van der Waals surface area contributed by atoms with E-state index < -0.39 is 12.2 Å². The summed E-state index contributed by atoms with van der Waals surface area (Å²) in [6, 6.07) is -0.800. The van der Waals surface area contributed by atoms with E-state index in [1.165, 1.54) is 26.2 Å². The van der Waals surface area contributed by atoms with Crippen LogP contribution in [0.1, 0.15) is 39.5 Å². The van der Waals surface area contributed by atoms with Gasteiger partial charge in [0, 0.05) is 44.2 Å². The highest BCUT2D eigenvalue weighted by Gasteiger charge is 2.60. The van der Waals surface area contributed by atoms with E-state index in [9.17, 15) is 13.2 Å². The van der Waals surface area contributed by atoms with E-state index in [0.29, 0.717) is 30.7 Å². The van der Waals surface area contributed by atoms with Crippen LogP contribution in [0.5, 0.6) is 0 Å². The van der Waals surface area contributed by atoms with Gasteiger partial charge < -0.3 is 4.74 Å². The van der Waals surface area contributed by atoms with E-state index in [1.54, 1.807) is 4.90 Å². The first-order valence-corrected chi connectivity index (χ1v) is 8.55. The SMILES string of the molecule is CCO[C@@H]1C[C@H](N2CCN([C@@H](C)C(F)(F)F)CC2)C12CCC2. The molecule has 3 aliphatic rings. The second-order valence-electron chi connectivity index (χ2n) is 7.07. The highest BCUT2D eigenvalue weighted by molar-refractivity contribution is 5.13. The zero-order chi connectivity index (χ0) is 16.0. The minimum Gasteiger partial charge on any atom is -0.378 e. The Hall–Kier alpha value is -0.330. The maximum atomic E-state index is 12.8. The summed E-state index contributed by atoms with van der Waals surface area (Å²) in [5.41, 5.74) is 0.313. The zero-order valence-corrected chi connectivity index (χ0v) is 13.5. The van der Waals surface area contributed by atoms with Crippen molar-refractivity contribution in [3.8, 4) is 0 Å². The minimum atomic E-state index is -4.12. The van der Waals surface area contributed by atoms with Crippen LogP contribution in [0.25, 0.3) is 0 Å². The summed E-state index contributed by atoms with van der Waals surface area (Å²) in [5, 5.41) is 0. The van der Waals surface area contributed by atoms with E-state index in [1.807, 2.05) is 6.92 Å². The molecule has 2 aliphatic carbocycles. The van der Waals surface area contributed by atoms with E-state index in [4.69, 9.17) is 4.74 Å². The maximum Gasteiger partial charge on any atom is 0.403 e. The van der Waals surface area contributed by atoms with Gasteiger partial charge in [0.1, 0.15) is 6.04 Å². The largest absolute Gasteiger partial charge is 0.403 e. The molecule has 3 rings (SSSR count). The van der Waals surface area contributed by atoms with E-state index in [-0.39, 0.29) is 0 Å². The summed E-state index contributed by atoms with van der Waals surface area (Å²) < 4.78 is 44.3. The summed E-state index contributed by atoms with van der Waals surface area (Å²) in [4.78, 5) is 4.00. The molecule has 2 saturated carbocycles. The number of rotatable bonds is 4. The van der Waals surface area contributed by atoms with Crippen molar-refractivity contribution < 1.29 is 17.9 Å². The number of halogens is 3. The number of nitrogens with zero attached hydrogens (tertiary/aromatic N) is 2. The first-order valence-electron chi connectivity index (χ1n) is 8.55. The Morgan fingerprint density at radius 2 is 1.82 bits per heavy atom. The van der Waals surface area contributed by atoms with Gasteiger partial charge in [-0.05, 0) is 33.1 Å². The van der Waals surface area contributed by atoms with Crippen LogP contribution < -0.4 is 0 Å². The monoisotopic (exact) mass is 320 g/mol. The second-order valence-corrected chi connectivity index (χ2v) is 7.07. The van der Waals surface area contributed by atoms with Crippen molar-refractivity contribution in [3.05, 3.63) is 0 Å². The van der Waals surface area contributed by atoms with Gasteiger partial charge in [0.2, 0.25) is 0 Å². The van der Waals surface area contributed by atoms with Gasteiger partial charge in [-0.3, -0.25) is 9.80 Å².